The molecular weight excluding hydrogens is 276 g/mol. The summed E-state index contributed by atoms with van der Waals surface area (Å²) in [5.74, 6) is 2.43. The van der Waals surface area contributed by atoms with Gasteiger partial charge in [0.25, 0.3) is 0 Å². The summed E-state index contributed by atoms with van der Waals surface area (Å²) < 4.78 is 11.6. The quantitative estimate of drug-likeness (QED) is 0.849. The number of hydrogen-bond acceptors (Lipinski definition) is 4. The van der Waals surface area contributed by atoms with Crippen LogP contribution in [0.5, 0.6) is 11.6 Å². The van der Waals surface area contributed by atoms with E-state index in [1.807, 2.05) is 50.5 Å². The van der Waals surface area contributed by atoms with Crippen LogP contribution in [0.15, 0.2) is 48.7 Å². The lowest BCUT2D eigenvalue weighted by Gasteiger charge is -2.17. The Labute approximate surface area is 131 Å². The molecule has 0 saturated carbocycles. The number of hydrogen-bond donors (Lipinski definition) is 0. The first-order valence-corrected chi connectivity index (χ1v) is 7.42. The van der Waals surface area contributed by atoms with Crippen LogP contribution in [0.3, 0.4) is 0 Å². The summed E-state index contributed by atoms with van der Waals surface area (Å²) in [5, 5.41) is 0. The van der Waals surface area contributed by atoms with Gasteiger partial charge in [0.05, 0.1) is 0 Å². The molecule has 4 heteroatoms. The van der Waals surface area contributed by atoms with Gasteiger partial charge >= 0.3 is 0 Å². The van der Waals surface area contributed by atoms with E-state index in [-0.39, 0.29) is 0 Å². The van der Waals surface area contributed by atoms with Crippen molar-refractivity contribution in [3.05, 3.63) is 59.8 Å². The van der Waals surface area contributed by atoms with Crippen LogP contribution >= 0.6 is 0 Å². The number of likely N-dealkylation sites (N-methyl/N-ethyl adjacent to an activating group) is 1. The summed E-state index contributed by atoms with van der Waals surface area (Å²) >= 11 is 0. The van der Waals surface area contributed by atoms with Crippen molar-refractivity contribution < 1.29 is 9.47 Å². The SMILES string of the molecule is CN(C)CCOc1ccc(C2=CCc3cccnc3O2)cc1. The molecule has 22 heavy (non-hydrogen) atoms. The third kappa shape index (κ3) is 3.46. The number of nitrogens with zero attached hydrogens (tertiary/aromatic N) is 2. The molecule has 0 spiro atoms. The van der Waals surface area contributed by atoms with E-state index in [0.29, 0.717) is 12.5 Å². The number of benzene rings is 1. The minimum absolute atomic E-state index is 0.683. The van der Waals surface area contributed by atoms with E-state index in [0.717, 1.165) is 35.6 Å². The van der Waals surface area contributed by atoms with E-state index in [9.17, 15) is 0 Å². The Morgan fingerprint density at radius 2 is 2.00 bits per heavy atom. The summed E-state index contributed by atoms with van der Waals surface area (Å²) in [7, 11) is 4.07. The summed E-state index contributed by atoms with van der Waals surface area (Å²) in [6.45, 7) is 1.58. The molecule has 0 bridgehead atoms. The van der Waals surface area contributed by atoms with Crippen LogP contribution in [-0.4, -0.2) is 37.1 Å². The minimum atomic E-state index is 0.683. The zero-order chi connectivity index (χ0) is 15.4. The smallest absolute Gasteiger partial charge is 0.222 e. The highest BCUT2D eigenvalue weighted by Crippen LogP contribution is 2.29. The molecule has 114 valence electrons. The molecule has 0 N–H and O–H groups in total. The Bertz CT molecular complexity index is 663. The lowest BCUT2D eigenvalue weighted by molar-refractivity contribution is 0.261. The highest BCUT2D eigenvalue weighted by atomic mass is 16.5. The molecule has 4 nitrogen and oxygen atoms in total. The molecule has 0 radical (unpaired) electrons. The minimum Gasteiger partial charge on any atom is -0.492 e. The number of ether oxygens (including phenoxy) is 2. The summed E-state index contributed by atoms with van der Waals surface area (Å²) in [6.07, 6.45) is 4.69. The lowest BCUT2D eigenvalue weighted by atomic mass is 10.1. The van der Waals surface area contributed by atoms with Crippen LogP contribution < -0.4 is 9.47 Å². The topological polar surface area (TPSA) is 34.6 Å². The van der Waals surface area contributed by atoms with Crippen molar-refractivity contribution in [2.75, 3.05) is 27.2 Å². The molecule has 0 fully saturated rings. The summed E-state index contributed by atoms with van der Waals surface area (Å²) in [5.41, 5.74) is 2.16. The first kappa shape index (κ1) is 14.6. The maximum atomic E-state index is 5.87. The van der Waals surface area contributed by atoms with Crippen LogP contribution in [0.25, 0.3) is 5.76 Å². The summed E-state index contributed by atoms with van der Waals surface area (Å²) in [4.78, 5) is 6.37. The molecule has 1 aromatic heterocycles. The highest BCUT2D eigenvalue weighted by molar-refractivity contribution is 5.64. The molecular formula is C18H20N2O2. The van der Waals surface area contributed by atoms with Crippen molar-refractivity contribution >= 4 is 5.76 Å². The van der Waals surface area contributed by atoms with Crippen LogP contribution in [0.4, 0.5) is 0 Å². The van der Waals surface area contributed by atoms with E-state index in [4.69, 9.17) is 9.47 Å². The van der Waals surface area contributed by atoms with Crippen molar-refractivity contribution in [3.8, 4) is 11.6 Å². The van der Waals surface area contributed by atoms with Gasteiger partial charge in [-0.05, 0) is 56.9 Å². The van der Waals surface area contributed by atoms with Gasteiger partial charge in [-0.25, -0.2) is 4.98 Å². The van der Waals surface area contributed by atoms with Gasteiger partial charge in [-0.3, -0.25) is 0 Å². The number of fused-ring (bicyclic) bond motifs is 1. The maximum Gasteiger partial charge on any atom is 0.222 e. The number of rotatable bonds is 5. The second-order valence-electron chi connectivity index (χ2n) is 5.52. The first-order chi connectivity index (χ1) is 10.7. The molecule has 0 aliphatic carbocycles. The Hall–Kier alpha value is -2.33. The van der Waals surface area contributed by atoms with Gasteiger partial charge in [0, 0.05) is 23.9 Å². The predicted molar refractivity (Wildman–Crippen MR) is 87.0 cm³/mol. The third-order valence-corrected chi connectivity index (χ3v) is 3.51. The standard InChI is InChI=1S/C18H20N2O2/c1-20(2)12-13-21-16-8-5-14(6-9-16)17-10-7-15-4-3-11-19-18(15)22-17/h3-6,8-11H,7,12-13H2,1-2H3. The van der Waals surface area contributed by atoms with E-state index >= 15 is 0 Å². The van der Waals surface area contributed by atoms with Crippen LogP contribution in [0.1, 0.15) is 11.1 Å². The van der Waals surface area contributed by atoms with E-state index in [2.05, 4.69) is 16.0 Å². The van der Waals surface area contributed by atoms with Crippen LogP contribution in [0, 0.1) is 0 Å². The Kier molecular flexibility index (Phi) is 4.39. The van der Waals surface area contributed by atoms with Gasteiger partial charge < -0.3 is 14.4 Å². The van der Waals surface area contributed by atoms with Crippen molar-refractivity contribution in [1.82, 2.24) is 9.88 Å². The normalized spacial score (nSPS) is 13.3. The molecule has 1 aliphatic rings. The van der Waals surface area contributed by atoms with E-state index in [1.165, 1.54) is 0 Å². The second kappa shape index (κ2) is 6.62. The zero-order valence-corrected chi connectivity index (χ0v) is 13.0. The average Bonchev–Trinajstić information content (AvgIpc) is 2.55. The molecule has 1 aliphatic heterocycles. The molecule has 2 heterocycles. The van der Waals surface area contributed by atoms with Crippen LogP contribution in [-0.2, 0) is 6.42 Å². The van der Waals surface area contributed by atoms with E-state index < -0.39 is 0 Å². The molecule has 0 unspecified atom stereocenters. The fourth-order valence-electron chi connectivity index (χ4n) is 2.26. The van der Waals surface area contributed by atoms with Gasteiger partial charge in [0.1, 0.15) is 18.1 Å². The third-order valence-electron chi connectivity index (χ3n) is 3.51. The second-order valence-corrected chi connectivity index (χ2v) is 5.52. The number of allylic oxidation sites excluding steroid dienone is 1. The van der Waals surface area contributed by atoms with Gasteiger partial charge in [-0.2, -0.15) is 0 Å². The lowest BCUT2D eigenvalue weighted by Crippen LogP contribution is -2.19. The van der Waals surface area contributed by atoms with Crippen molar-refractivity contribution in [3.63, 3.8) is 0 Å². The molecule has 2 aromatic rings. The van der Waals surface area contributed by atoms with E-state index in [1.54, 1.807) is 6.20 Å². The molecule has 3 rings (SSSR count). The van der Waals surface area contributed by atoms with Crippen molar-refractivity contribution in [1.29, 1.82) is 0 Å². The van der Waals surface area contributed by atoms with Crippen molar-refractivity contribution in [2.45, 2.75) is 6.42 Å². The van der Waals surface area contributed by atoms with Crippen molar-refractivity contribution in [2.24, 2.45) is 0 Å². The fourth-order valence-corrected chi connectivity index (χ4v) is 2.26. The molecule has 0 saturated heterocycles. The van der Waals surface area contributed by atoms with Gasteiger partial charge in [0.2, 0.25) is 5.88 Å². The van der Waals surface area contributed by atoms with Gasteiger partial charge in [-0.1, -0.05) is 6.07 Å². The Balaban J connectivity index is 1.65. The van der Waals surface area contributed by atoms with Gasteiger partial charge in [0.15, 0.2) is 0 Å². The summed E-state index contributed by atoms with van der Waals surface area (Å²) in [6, 6.07) is 12.0. The Morgan fingerprint density at radius 1 is 1.18 bits per heavy atom. The van der Waals surface area contributed by atoms with Gasteiger partial charge in [-0.15, -0.1) is 0 Å². The Morgan fingerprint density at radius 3 is 2.77 bits per heavy atom. The fraction of sp³-hybridized carbons (Fsp3) is 0.278. The first-order valence-electron chi connectivity index (χ1n) is 7.42. The predicted octanol–water partition coefficient (Wildman–Crippen LogP) is 3.00. The number of aromatic nitrogens is 1. The highest BCUT2D eigenvalue weighted by Gasteiger charge is 2.14. The molecule has 1 aromatic carbocycles. The molecule has 0 amide bonds. The maximum absolute atomic E-state index is 5.87. The average molecular weight is 296 g/mol. The van der Waals surface area contributed by atoms with Crippen LogP contribution in [0.2, 0.25) is 0 Å². The number of pyridine rings is 1. The molecule has 0 atom stereocenters. The monoisotopic (exact) mass is 296 g/mol. The zero-order valence-electron chi connectivity index (χ0n) is 13.0. The largest absolute Gasteiger partial charge is 0.492 e.